The topological polar surface area (TPSA) is 38.3 Å². The third-order valence-corrected chi connectivity index (χ3v) is 4.34. The number of unbranched alkanes of at least 4 members (excludes halogenated alkanes) is 1. The van der Waals surface area contributed by atoms with Gasteiger partial charge in [-0.2, -0.15) is 0 Å². The van der Waals surface area contributed by atoms with Crippen LogP contribution in [0.5, 0.6) is 5.75 Å². The molecule has 3 atom stereocenters. The van der Waals surface area contributed by atoms with Crippen LogP contribution in [0.15, 0.2) is 30.3 Å². The quantitative estimate of drug-likeness (QED) is 0.826. The van der Waals surface area contributed by atoms with Crippen molar-refractivity contribution in [2.75, 3.05) is 0 Å². The van der Waals surface area contributed by atoms with Crippen LogP contribution in [0.1, 0.15) is 52.4 Å². The molecule has 0 saturated heterocycles. The maximum absolute atomic E-state index is 12.3. The van der Waals surface area contributed by atoms with Crippen molar-refractivity contribution < 1.29 is 9.53 Å². The van der Waals surface area contributed by atoms with Crippen LogP contribution in [-0.2, 0) is 4.79 Å². The molecule has 21 heavy (non-hydrogen) atoms. The first-order chi connectivity index (χ1) is 10.2. The fourth-order valence-corrected chi connectivity index (χ4v) is 3.10. The molecular weight excluding hydrogens is 262 g/mol. The molecule has 0 bridgehead atoms. The third-order valence-electron chi connectivity index (χ3n) is 4.34. The molecule has 3 heteroatoms. The summed E-state index contributed by atoms with van der Waals surface area (Å²) in [6, 6.07) is 9.86. The van der Waals surface area contributed by atoms with Gasteiger partial charge in [-0.15, -0.1) is 0 Å². The maximum Gasteiger partial charge on any atom is 0.261 e. The molecule has 3 unspecified atom stereocenters. The highest BCUT2D eigenvalue weighted by Crippen LogP contribution is 2.30. The summed E-state index contributed by atoms with van der Waals surface area (Å²) in [6.45, 7) is 4.04. The van der Waals surface area contributed by atoms with Crippen LogP contribution < -0.4 is 10.1 Å². The molecule has 116 valence electrons. The molecule has 0 spiro atoms. The van der Waals surface area contributed by atoms with E-state index in [1.54, 1.807) is 0 Å². The van der Waals surface area contributed by atoms with Crippen LogP contribution in [-0.4, -0.2) is 18.1 Å². The Morgan fingerprint density at radius 3 is 2.81 bits per heavy atom. The van der Waals surface area contributed by atoms with Gasteiger partial charge in [0.2, 0.25) is 0 Å². The number of nitrogens with one attached hydrogen (secondary N) is 1. The molecule has 1 amide bonds. The number of ether oxygens (including phenoxy) is 1. The second kappa shape index (κ2) is 8.06. The molecule has 0 aliphatic heterocycles. The molecule has 1 aliphatic rings. The van der Waals surface area contributed by atoms with Crippen molar-refractivity contribution in [2.45, 2.75) is 64.5 Å². The Kier molecular flexibility index (Phi) is 6.09. The van der Waals surface area contributed by atoms with Crippen molar-refractivity contribution in [2.24, 2.45) is 5.92 Å². The lowest BCUT2D eigenvalue weighted by atomic mass is 9.96. The lowest BCUT2D eigenvalue weighted by molar-refractivity contribution is -0.128. The van der Waals surface area contributed by atoms with Gasteiger partial charge in [-0.25, -0.2) is 0 Å². The minimum atomic E-state index is -0.445. The summed E-state index contributed by atoms with van der Waals surface area (Å²) in [7, 11) is 0. The maximum atomic E-state index is 12.3. The number of benzene rings is 1. The largest absolute Gasteiger partial charge is 0.481 e. The van der Waals surface area contributed by atoms with E-state index in [2.05, 4.69) is 12.2 Å². The summed E-state index contributed by atoms with van der Waals surface area (Å²) >= 11 is 0. The SMILES string of the molecule is CCCCC1CCCC1NC(=O)C(C)Oc1ccccc1. The Hall–Kier alpha value is -1.51. The van der Waals surface area contributed by atoms with Gasteiger partial charge in [0.25, 0.3) is 5.91 Å². The Bertz CT molecular complexity index is 432. The van der Waals surface area contributed by atoms with E-state index >= 15 is 0 Å². The van der Waals surface area contributed by atoms with Crippen LogP contribution in [0.2, 0.25) is 0 Å². The zero-order valence-corrected chi connectivity index (χ0v) is 13.2. The second-order valence-electron chi connectivity index (χ2n) is 6.02. The Morgan fingerprint density at radius 2 is 2.10 bits per heavy atom. The van der Waals surface area contributed by atoms with Crippen molar-refractivity contribution in [1.82, 2.24) is 5.32 Å². The minimum Gasteiger partial charge on any atom is -0.481 e. The summed E-state index contributed by atoms with van der Waals surface area (Å²) in [5.74, 6) is 1.40. The fourth-order valence-electron chi connectivity index (χ4n) is 3.10. The minimum absolute atomic E-state index is 0.00671. The van der Waals surface area contributed by atoms with Crippen LogP contribution in [0.25, 0.3) is 0 Å². The molecule has 0 heterocycles. The number of amides is 1. The molecule has 0 radical (unpaired) electrons. The molecule has 1 aliphatic carbocycles. The monoisotopic (exact) mass is 289 g/mol. The first-order valence-electron chi connectivity index (χ1n) is 8.22. The second-order valence-corrected chi connectivity index (χ2v) is 6.02. The smallest absolute Gasteiger partial charge is 0.261 e. The van der Waals surface area contributed by atoms with E-state index in [1.165, 1.54) is 32.1 Å². The highest BCUT2D eigenvalue weighted by molar-refractivity contribution is 5.81. The Morgan fingerprint density at radius 1 is 1.33 bits per heavy atom. The normalized spacial score (nSPS) is 22.8. The van der Waals surface area contributed by atoms with Gasteiger partial charge in [-0.1, -0.05) is 44.4 Å². The van der Waals surface area contributed by atoms with Crippen LogP contribution in [0.4, 0.5) is 0 Å². The molecule has 1 N–H and O–H groups in total. The molecule has 3 nitrogen and oxygen atoms in total. The van der Waals surface area contributed by atoms with Crippen molar-refractivity contribution in [3.63, 3.8) is 0 Å². The molecule has 1 aromatic rings. The van der Waals surface area contributed by atoms with E-state index in [0.29, 0.717) is 12.0 Å². The van der Waals surface area contributed by atoms with Crippen molar-refractivity contribution >= 4 is 5.91 Å². The zero-order chi connectivity index (χ0) is 15.1. The van der Waals surface area contributed by atoms with E-state index < -0.39 is 6.10 Å². The van der Waals surface area contributed by atoms with Gasteiger partial charge in [0.05, 0.1) is 0 Å². The Labute approximate surface area is 128 Å². The number of carbonyl (C=O) groups is 1. The van der Waals surface area contributed by atoms with Gasteiger partial charge in [0.1, 0.15) is 5.75 Å². The molecule has 1 fully saturated rings. The van der Waals surface area contributed by atoms with Crippen LogP contribution in [0.3, 0.4) is 0 Å². The van der Waals surface area contributed by atoms with Crippen molar-refractivity contribution in [3.05, 3.63) is 30.3 Å². The van der Waals surface area contributed by atoms with E-state index in [-0.39, 0.29) is 5.91 Å². The van der Waals surface area contributed by atoms with Crippen LogP contribution >= 0.6 is 0 Å². The van der Waals surface area contributed by atoms with Gasteiger partial charge < -0.3 is 10.1 Å². The van der Waals surface area contributed by atoms with Crippen molar-refractivity contribution in [1.29, 1.82) is 0 Å². The highest BCUT2D eigenvalue weighted by Gasteiger charge is 2.29. The lowest BCUT2D eigenvalue weighted by Gasteiger charge is -2.23. The standard InChI is InChI=1S/C18H27NO2/c1-3-4-9-15-10-8-13-17(15)19-18(20)14(2)21-16-11-6-5-7-12-16/h5-7,11-12,14-15,17H,3-4,8-10,13H2,1-2H3,(H,19,20). The summed E-state index contributed by atoms with van der Waals surface area (Å²) < 4.78 is 5.69. The van der Waals surface area contributed by atoms with E-state index in [4.69, 9.17) is 4.74 Å². The molecule has 1 aromatic carbocycles. The summed E-state index contributed by atoms with van der Waals surface area (Å²) in [5.41, 5.74) is 0. The van der Waals surface area contributed by atoms with E-state index in [1.807, 2.05) is 37.3 Å². The summed E-state index contributed by atoms with van der Waals surface area (Å²) in [6.07, 6.45) is 6.86. The number of rotatable bonds is 7. The van der Waals surface area contributed by atoms with E-state index in [9.17, 15) is 4.79 Å². The fraction of sp³-hybridized carbons (Fsp3) is 0.611. The molecule has 0 aromatic heterocycles. The van der Waals surface area contributed by atoms with E-state index in [0.717, 1.165) is 12.2 Å². The Balaban J connectivity index is 1.82. The predicted octanol–water partition coefficient (Wildman–Crippen LogP) is 3.93. The first-order valence-corrected chi connectivity index (χ1v) is 8.22. The molecule has 2 rings (SSSR count). The van der Waals surface area contributed by atoms with Gasteiger partial charge >= 0.3 is 0 Å². The zero-order valence-electron chi connectivity index (χ0n) is 13.2. The number of hydrogen-bond donors (Lipinski definition) is 1. The number of para-hydroxylation sites is 1. The first kappa shape index (κ1) is 15.9. The predicted molar refractivity (Wildman–Crippen MR) is 85.3 cm³/mol. The average Bonchev–Trinajstić information content (AvgIpc) is 2.93. The average molecular weight is 289 g/mol. The van der Waals surface area contributed by atoms with Crippen LogP contribution in [0, 0.1) is 5.92 Å². The number of carbonyl (C=O) groups excluding carboxylic acids is 1. The summed E-state index contributed by atoms with van der Waals surface area (Å²) in [5, 5.41) is 3.19. The highest BCUT2D eigenvalue weighted by atomic mass is 16.5. The van der Waals surface area contributed by atoms with Crippen molar-refractivity contribution in [3.8, 4) is 5.75 Å². The van der Waals surface area contributed by atoms with Gasteiger partial charge in [0, 0.05) is 6.04 Å². The third kappa shape index (κ3) is 4.76. The molecule has 1 saturated carbocycles. The lowest BCUT2D eigenvalue weighted by Crippen LogP contribution is -2.44. The van der Waals surface area contributed by atoms with Gasteiger partial charge in [-0.05, 0) is 44.2 Å². The van der Waals surface area contributed by atoms with Gasteiger partial charge in [-0.3, -0.25) is 4.79 Å². The molecular formula is C18H27NO2. The summed E-state index contributed by atoms with van der Waals surface area (Å²) in [4.78, 5) is 12.3. The van der Waals surface area contributed by atoms with Gasteiger partial charge in [0.15, 0.2) is 6.10 Å². The number of hydrogen-bond acceptors (Lipinski definition) is 2.